The predicted molar refractivity (Wildman–Crippen MR) is 114 cm³/mol. The first-order chi connectivity index (χ1) is 13.6. The molecule has 1 saturated carbocycles. The number of carbonyl (C=O) groups excluding carboxylic acids is 1. The van der Waals surface area contributed by atoms with Gasteiger partial charge in [-0.05, 0) is 55.2 Å². The highest BCUT2D eigenvalue weighted by Crippen LogP contribution is 2.36. The molecule has 2 aliphatic rings. The first-order valence-corrected chi connectivity index (χ1v) is 11.2. The SMILES string of the molecule is C=C1CC(C(CCCCCC)Oc2ccc(C3CCC(C)CC3)cc2)OC1=O. The Kier molecular flexibility index (Phi) is 7.58. The topological polar surface area (TPSA) is 35.5 Å². The van der Waals surface area contributed by atoms with Gasteiger partial charge in [0.15, 0.2) is 0 Å². The molecule has 2 atom stereocenters. The monoisotopic (exact) mass is 384 g/mol. The van der Waals surface area contributed by atoms with Gasteiger partial charge in [0.2, 0.25) is 0 Å². The van der Waals surface area contributed by atoms with E-state index >= 15 is 0 Å². The maximum atomic E-state index is 11.8. The van der Waals surface area contributed by atoms with Crippen LogP contribution in [0.3, 0.4) is 0 Å². The van der Waals surface area contributed by atoms with Crippen LogP contribution in [0.5, 0.6) is 5.75 Å². The van der Waals surface area contributed by atoms with Crippen molar-refractivity contribution < 1.29 is 14.3 Å². The summed E-state index contributed by atoms with van der Waals surface area (Å²) in [5.74, 6) is 2.17. The number of unbranched alkanes of at least 4 members (excludes halogenated alkanes) is 3. The molecule has 3 rings (SSSR count). The van der Waals surface area contributed by atoms with Crippen molar-refractivity contribution in [1.29, 1.82) is 0 Å². The highest BCUT2D eigenvalue weighted by atomic mass is 16.6. The minimum atomic E-state index is -0.269. The van der Waals surface area contributed by atoms with E-state index in [2.05, 4.69) is 44.7 Å². The third kappa shape index (κ3) is 5.62. The largest absolute Gasteiger partial charge is 0.487 e. The molecule has 1 aliphatic carbocycles. The molecule has 0 bridgehead atoms. The molecule has 1 heterocycles. The molecule has 154 valence electrons. The Morgan fingerprint density at radius 1 is 1.11 bits per heavy atom. The Morgan fingerprint density at radius 3 is 2.43 bits per heavy atom. The van der Waals surface area contributed by atoms with Crippen LogP contribution in [0.15, 0.2) is 36.4 Å². The van der Waals surface area contributed by atoms with Gasteiger partial charge in [-0.3, -0.25) is 0 Å². The van der Waals surface area contributed by atoms with Gasteiger partial charge in [-0.1, -0.05) is 64.7 Å². The van der Waals surface area contributed by atoms with Crippen molar-refractivity contribution >= 4 is 5.97 Å². The predicted octanol–water partition coefficient (Wildman–Crippen LogP) is 6.57. The quantitative estimate of drug-likeness (QED) is 0.274. The molecule has 28 heavy (non-hydrogen) atoms. The zero-order valence-corrected chi connectivity index (χ0v) is 17.6. The lowest BCUT2D eigenvalue weighted by atomic mass is 9.79. The lowest BCUT2D eigenvalue weighted by molar-refractivity contribution is -0.142. The molecule has 2 fully saturated rings. The van der Waals surface area contributed by atoms with Crippen LogP contribution in [0.25, 0.3) is 0 Å². The van der Waals surface area contributed by atoms with Crippen molar-refractivity contribution in [1.82, 2.24) is 0 Å². The highest BCUT2D eigenvalue weighted by molar-refractivity contribution is 5.90. The van der Waals surface area contributed by atoms with Crippen LogP contribution >= 0.6 is 0 Å². The fraction of sp³-hybridized carbons (Fsp3) is 0.640. The molecule has 0 radical (unpaired) electrons. The zero-order chi connectivity index (χ0) is 19.9. The van der Waals surface area contributed by atoms with Crippen molar-refractivity contribution in [3.63, 3.8) is 0 Å². The van der Waals surface area contributed by atoms with Crippen LogP contribution in [0, 0.1) is 5.92 Å². The van der Waals surface area contributed by atoms with E-state index in [1.807, 2.05) is 0 Å². The molecule has 2 unspecified atom stereocenters. The molecule has 3 nitrogen and oxygen atoms in total. The van der Waals surface area contributed by atoms with Crippen molar-refractivity contribution in [2.45, 2.75) is 96.2 Å². The van der Waals surface area contributed by atoms with Crippen LogP contribution in [-0.4, -0.2) is 18.2 Å². The Hall–Kier alpha value is -1.77. The van der Waals surface area contributed by atoms with E-state index in [4.69, 9.17) is 9.47 Å². The molecule has 0 spiro atoms. The van der Waals surface area contributed by atoms with E-state index in [1.165, 1.54) is 50.5 Å². The number of esters is 1. The summed E-state index contributed by atoms with van der Waals surface area (Å²) >= 11 is 0. The first-order valence-electron chi connectivity index (χ1n) is 11.2. The average molecular weight is 385 g/mol. The first kappa shape index (κ1) is 21.0. The summed E-state index contributed by atoms with van der Waals surface area (Å²) in [7, 11) is 0. The van der Waals surface area contributed by atoms with E-state index in [9.17, 15) is 4.79 Å². The molecule has 0 N–H and O–H groups in total. The van der Waals surface area contributed by atoms with E-state index in [0.717, 1.165) is 24.5 Å². The van der Waals surface area contributed by atoms with Crippen LogP contribution in [-0.2, 0) is 9.53 Å². The van der Waals surface area contributed by atoms with Crippen LogP contribution in [0.1, 0.15) is 89.5 Å². The van der Waals surface area contributed by atoms with Crippen molar-refractivity contribution in [3.05, 3.63) is 42.0 Å². The normalized spacial score (nSPS) is 26.1. The van der Waals surface area contributed by atoms with Gasteiger partial charge in [-0.15, -0.1) is 0 Å². The number of cyclic esters (lactones) is 1. The summed E-state index contributed by atoms with van der Waals surface area (Å²) in [6, 6.07) is 8.64. The lowest BCUT2D eigenvalue weighted by Gasteiger charge is -2.27. The van der Waals surface area contributed by atoms with E-state index < -0.39 is 0 Å². The van der Waals surface area contributed by atoms with Crippen LogP contribution < -0.4 is 4.74 Å². The Morgan fingerprint density at radius 2 is 1.82 bits per heavy atom. The summed E-state index contributed by atoms with van der Waals surface area (Å²) in [4.78, 5) is 11.8. The third-order valence-electron chi connectivity index (χ3n) is 6.41. The second-order valence-corrected chi connectivity index (χ2v) is 8.78. The summed E-state index contributed by atoms with van der Waals surface area (Å²) < 4.78 is 11.8. The number of hydrogen-bond donors (Lipinski definition) is 0. The highest BCUT2D eigenvalue weighted by Gasteiger charge is 2.35. The van der Waals surface area contributed by atoms with E-state index in [1.54, 1.807) is 0 Å². The number of benzene rings is 1. The van der Waals surface area contributed by atoms with Gasteiger partial charge in [0.1, 0.15) is 18.0 Å². The van der Waals surface area contributed by atoms with Crippen molar-refractivity contribution in [2.75, 3.05) is 0 Å². The molecular formula is C25H36O3. The molecular weight excluding hydrogens is 348 g/mol. The Labute approximate surface area is 170 Å². The van der Waals surface area contributed by atoms with E-state index in [0.29, 0.717) is 17.9 Å². The standard InChI is InChI=1S/C25H36O3/c1-4-5-6-7-8-23(24-17-19(3)25(26)28-24)27-22-15-13-21(14-16-22)20-11-9-18(2)10-12-20/h13-16,18,20,23-24H,3-12,17H2,1-2H3. The van der Waals surface area contributed by atoms with Gasteiger partial charge in [0.25, 0.3) is 0 Å². The molecule has 1 saturated heterocycles. The molecule has 3 heteroatoms. The molecule has 0 aromatic heterocycles. The van der Waals surface area contributed by atoms with Crippen molar-refractivity contribution in [3.8, 4) is 5.75 Å². The fourth-order valence-corrected chi connectivity index (χ4v) is 4.48. The van der Waals surface area contributed by atoms with Crippen LogP contribution in [0.2, 0.25) is 0 Å². The number of hydrogen-bond acceptors (Lipinski definition) is 3. The number of ether oxygens (including phenoxy) is 2. The Bertz CT molecular complexity index is 624. The molecule has 1 aromatic carbocycles. The minimum Gasteiger partial charge on any atom is -0.487 e. The molecule has 0 amide bonds. The fourth-order valence-electron chi connectivity index (χ4n) is 4.48. The average Bonchev–Trinajstić information content (AvgIpc) is 3.04. The second-order valence-electron chi connectivity index (χ2n) is 8.78. The smallest absolute Gasteiger partial charge is 0.333 e. The number of rotatable bonds is 9. The maximum absolute atomic E-state index is 11.8. The minimum absolute atomic E-state index is 0.0959. The van der Waals surface area contributed by atoms with E-state index in [-0.39, 0.29) is 18.2 Å². The summed E-state index contributed by atoms with van der Waals surface area (Å²) in [6.45, 7) is 8.40. The zero-order valence-electron chi connectivity index (χ0n) is 17.6. The van der Waals surface area contributed by atoms with Gasteiger partial charge in [0.05, 0.1) is 0 Å². The van der Waals surface area contributed by atoms with Gasteiger partial charge in [-0.25, -0.2) is 4.79 Å². The van der Waals surface area contributed by atoms with Crippen molar-refractivity contribution in [2.24, 2.45) is 5.92 Å². The summed E-state index contributed by atoms with van der Waals surface area (Å²) in [5.41, 5.74) is 1.99. The summed E-state index contributed by atoms with van der Waals surface area (Å²) in [6.07, 6.45) is 11.2. The van der Waals surface area contributed by atoms with Gasteiger partial charge >= 0.3 is 5.97 Å². The number of carbonyl (C=O) groups is 1. The molecule has 1 aliphatic heterocycles. The maximum Gasteiger partial charge on any atom is 0.333 e. The van der Waals surface area contributed by atoms with Gasteiger partial charge in [0, 0.05) is 12.0 Å². The lowest BCUT2D eigenvalue weighted by Crippen LogP contribution is -2.31. The second kappa shape index (κ2) is 10.1. The molecule has 1 aromatic rings. The summed E-state index contributed by atoms with van der Waals surface area (Å²) in [5, 5.41) is 0. The van der Waals surface area contributed by atoms with Gasteiger partial charge < -0.3 is 9.47 Å². The Balaban J connectivity index is 1.60. The van der Waals surface area contributed by atoms with Crippen LogP contribution in [0.4, 0.5) is 0 Å². The van der Waals surface area contributed by atoms with Gasteiger partial charge in [-0.2, -0.15) is 0 Å². The third-order valence-corrected chi connectivity index (χ3v) is 6.41.